The molecule has 1 unspecified atom stereocenters. The standard InChI is InChI=1S/C14H16O/c1-4-9-14(15,10-5-2)13-8-6-7-12(3)11-13/h4,6-8,10-11,15H,1-2,9H2,3H3. The van der Waals surface area contributed by atoms with E-state index in [1.807, 2.05) is 31.2 Å². The quantitative estimate of drug-likeness (QED) is 0.585. The van der Waals surface area contributed by atoms with Gasteiger partial charge in [0.1, 0.15) is 5.60 Å². The van der Waals surface area contributed by atoms with E-state index in [0.29, 0.717) is 6.42 Å². The molecule has 1 heteroatoms. The lowest BCUT2D eigenvalue weighted by molar-refractivity contribution is 0.0931. The Hall–Kier alpha value is -1.56. The molecule has 0 fully saturated rings. The van der Waals surface area contributed by atoms with Gasteiger partial charge in [0.05, 0.1) is 0 Å². The molecule has 1 rings (SSSR count). The van der Waals surface area contributed by atoms with E-state index in [2.05, 4.69) is 18.9 Å². The summed E-state index contributed by atoms with van der Waals surface area (Å²) in [5, 5.41) is 10.4. The first-order valence-corrected chi connectivity index (χ1v) is 4.90. The molecular formula is C14H16O. The molecule has 0 saturated carbocycles. The average molecular weight is 200 g/mol. The van der Waals surface area contributed by atoms with Gasteiger partial charge in [-0.2, -0.15) is 0 Å². The Bertz CT molecular complexity index is 400. The average Bonchev–Trinajstić information content (AvgIpc) is 2.18. The van der Waals surface area contributed by atoms with Crippen molar-refractivity contribution in [3.63, 3.8) is 0 Å². The Kier molecular flexibility index (Phi) is 3.68. The molecule has 0 radical (unpaired) electrons. The van der Waals surface area contributed by atoms with E-state index in [4.69, 9.17) is 0 Å². The van der Waals surface area contributed by atoms with Crippen molar-refractivity contribution in [1.29, 1.82) is 0 Å². The summed E-state index contributed by atoms with van der Waals surface area (Å²) in [5.74, 6) is 0. The van der Waals surface area contributed by atoms with E-state index in [0.717, 1.165) is 11.1 Å². The van der Waals surface area contributed by atoms with Crippen LogP contribution in [0.4, 0.5) is 0 Å². The van der Waals surface area contributed by atoms with E-state index in [1.54, 1.807) is 12.2 Å². The van der Waals surface area contributed by atoms with Gasteiger partial charge in [0.15, 0.2) is 0 Å². The molecule has 15 heavy (non-hydrogen) atoms. The topological polar surface area (TPSA) is 20.2 Å². The van der Waals surface area contributed by atoms with Gasteiger partial charge in [-0.1, -0.05) is 42.5 Å². The summed E-state index contributed by atoms with van der Waals surface area (Å²) in [7, 11) is 0. The van der Waals surface area contributed by atoms with Gasteiger partial charge in [0.25, 0.3) is 0 Å². The van der Waals surface area contributed by atoms with Crippen LogP contribution in [0.1, 0.15) is 17.5 Å². The van der Waals surface area contributed by atoms with Gasteiger partial charge in [-0.05, 0) is 18.6 Å². The minimum atomic E-state index is -1.03. The molecule has 0 aliphatic carbocycles. The van der Waals surface area contributed by atoms with Crippen molar-refractivity contribution in [3.8, 4) is 0 Å². The third-order valence-corrected chi connectivity index (χ3v) is 2.31. The second kappa shape index (κ2) is 4.79. The zero-order valence-corrected chi connectivity index (χ0v) is 9.03. The van der Waals surface area contributed by atoms with Crippen molar-refractivity contribution in [2.24, 2.45) is 0 Å². The zero-order valence-electron chi connectivity index (χ0n) is 9.03. The lowest BCUT2D eigenvalue weighted by atomic mass is 9.89. The van der Waals surface area contributed by atoms with Crippen LogP contribution in [0.2, 0.25) is 0 Å². The summed E-state index contributed by atoms with van der Waals surface area (Å²) in [6, 6.07) is 7.77. The first kappa shape index (κ1) is 11.5. The predicted octanol–water partition coefficient (Wildman–Crippen LogP) is 3.10. The highest BCUT2D eigenvalue weighted by atomic mass is 16.3. The van der Waals surface area contributed by atoms with Gasteiger partial charge < -0.3 is 5.11 Å². The number of rotatable bonds is 4. The summed E-state index contributed by atoms with van der Waals surface area (Å²) in [6.07, 6.45) is 3.72. The fraction of sp³-hybridized carbons (Fsp3) is 0.214. The molecule has 0 bridgehead atoms. The largest absolute Gasteiger partial charge is 0.380 e. The Balaban J connectivity index is 3.19. The summed E-state index contributed by atoms with van der Waals surface area (Å²) in [6.45, 7) is 9.14. The van der Waals surface area contributed by atoms with Gasteiger partial charge in [0.2, 0.25) is 0 Å². The number of aliphatic hydroxyl groups is 1. The Labute approximate surface area is 91.1 Å². The molecule has 0 heterocycles. The van der Waals surface area contributed by atoms with E-state index in [-0.39, 0.29) is 0 Å². The second-order valence-corrected chi connectivity index (χ2v) is 3.63. The molecular weight excluding hydrogens is 184 g/mol. The van der Waals surface area contributed by atoms with Gasteiger partial charge in [0, 0.05) is 6.42 Å². The second-order valence-electron chi connectivity index (χ2n) is 3.63. The molecule has 1 N–H and O–H groups in total. The molecule has 0 aromatic heterocycles. The van der Waals surface area contributed by atoms with Crippen LogP contribution >= 0.6 is 0 Å². The van der Waals surface area contributed by atoms with Crippen LogP contribution < -0.4 is 0 Å². The predicted molar refractivity (Wildman–Crippen MR) is 63.6 cm³/mol. The first-order chi connectivity index (χ1) is 7.12. The van der Waals surface area contributed by atoms with Crippen molar-refractivity contribution in [2.45, 2.75) is 18.9 Å². The smallest absolute Gasteiger partial charge is 0.118 e. The first-order valence-electron chi connectivity index (χ1n) is 4.90. The highest BCUT2D eigenvalue weighted by Gasteiger charge is 2.24. The van der Waals surface area contributed by atoms with Crippen molar-refractivity contribution >= 4 is 0 Å². The van der Waals surface area contributed by atoms with E-state index >= 15 is 0 Å². The van der Waals surface area contributed by atoms with Crippen LogP contribution in [0.3, 0.4) is 0 Å². The van der Waals surface area contributed by atoms with Crippen LogP contribution in [-0.2, 0) is 5.60 Å². The van der Waals surface area contributed by atoms with Crippen LogP contribution in [-0.4, -0.2) is 5.11 Å². The van der Waals surface area contributed by atoms with Gasteiger partial charge in [-0.25, -0.2) is 0 Å². The Morgan fingerprint density at radius 3 is 2.80 bits per heavy atom. The monoisotopic (exact) mass is 200 g/mol. The van der Waals surface area contributed by atoms with Gasteiger partial charge in [-0.15, -0.1) is 12.3 Å². The lowest BCUT2D eigenvalue weighted by Gasteiger charge is -2.23. The molecule has 1 atom stereocenters. The van der Waals surface area contributed by atoms with E-state index in [1.165, 1.54) is 0 Å². The summed E-state index contributed by atoms with van der Waals surface area (Å²) in [5.41, 5.74) is 3.57. The molecule has 78 valence electrons. The van der Waals surface area contributed by atoms with Crippen LogP contribution in [0, 0.1) is 6.92 Å². The minimum Gasteiger partial charge on any atom is -0.380 e. The van der Waals surface area contributed by atoms with Gasteiger partial charge >= 0.3 is 0 Å². The number of aryl methyl sites for hydroxylation is 1. The van der Waals surface area contributed by atoms with Crippen LogP contribution in [0.25, 0.3) is 0 Å². The molecule has 0 spiro atoms. The van der Waals surface area contributed by atoms with E-state index in [9.17, 15) is 5.11 Å². The normalized spacial score (nSPS) is 13.7. The van der Waals surface area contributed by atoms with Crippen LogP contribution in [0.15, 0.2) is 55.3 Å². The molecule has 1 nitrogen and oxygen atoms in total. The fourth-order valence-corrected chi connectivity index (χ4v) is 1.56. The van der Waals surface area contributed by atoms with Crippen molar-refractivity contribution < 1.29 is 5.11 Å². The molecule has 0 saturated heterocycles. The van der Waals surface area contributed by atoms with E-state index < -0.39 is 5.60 Å². The third kappa shape index (κ3) is 2.69. The zero-order chi connectivity index (χ0) is 11.3. The number of hydrogen-bond acceptors (Lipinski definition) is 1. The summed E-state index contributed by atoms with van der Waals surface area (Å²) in [4.78, 5) is 0. The summed E-state index contributed by atoms with van der Waals surface area (Å²) < 4.78 is 0. The number of benzene rings is 1. The molecule has 1 aromatic rings. The minimum absolute atomic E-state index is 0.457. The van der Waals surface area contributed by atoms with Crippen molar-refractivity contribution in [3.05, 3.63) is 66.4 Å². The van der Waals surface area contributed by atoms with Crippen molar-refractivity contribution in [1.82, 2.24) is 0 Å². The molecule has 1 aromatic carbocycles. The lowest BCUT2D eigenvalue weighted by Crippen LogP contribution is -2.21. The maximum Gasteiger partial charge on any atom is 0.118 e. The fourth-order valence-electron chi connectivity index (χ4n) is 1.56. The highest BCUT2D eigenvalue weighted by molar-refractivity contribution is 5.31. The molecule has 0 amide bonds. The Morgan fingerprint density at radius 1 is 1.53 bits per heavy atom. The third-order valence-electron chi connectivity index (χ3n) is 2.31. The Morgan fingerprint density at radius 2 is 2.27 bits per heavy atom. The van der Waals surface area contributed by atoms with Gasteiger partial charge in [-0.3, -0.25) is 0 Å². The molecule has 0 aliphatic heterocycles. The van der Waals surface area contributed by atoms with Crippen molar-refractivity contribution in [2.75, 3.05) is 0 Å². The highest BCUT2D eigenvalue weighted by Crippen LogP contribution is 2.27. The maximum atomic E-state index is 10.4. The van der Waals surface area contributed by atoms with Crippen LogP contribution in [0.5, 0.6) is 0 Å². The SMILES string of the molecule is C=C=CC(O)(CC=C)c1cccc(C)c1. The maximum absolute atomic E-state index is 10.4. The molecule has 0 aliphatic rings. The number of hydrogen-bond donors (Lipinski definition) is 1. The summed E-state index contributed by atoms with van der Waals surface area (Å²) >= 11 is 0.